The summed E-state index contributed by atoms with van der Waals surface area (Å²) in [4.78, 5) is 0.199. The largest absolute Gasteiger partial charge is 0.297 e. The quantitative estimate of drug-likeness (QED) is 0.501. The summed E-state index contributed by atoms with van der Waals surface area (Å²) in [6.45, 7) is 14.6. The molecule has 0 heterocycles. The van der Waals surface area contributed by atoms with Crippen LogP contribution in [0.3, 0.4) is 0 Å². The summed E-state index contributed by atoms with van der Waals surface area (Å²) >= 11 is 0. The highest BCUT2D eigenvalue weighted by Crippen LogP contribution is 2.45. The van der Waals surface area contributed by atoms with Gasteiger partial charge in [0.25, 0.3) is 10.1 Å². The fourth-order valence-electron chi connectivity index (χ4n) is 3.92. The third-order valence-corrected chi connectivity index (χ3v) is 6.48. The summed E-state index contributed by atoms with van der Waals surface area (Å²) < 4.78 is 30.3. The smallest absolute Gasteiger partial charge is 0.263 e. The highest BCUT2D eigenvalue weighted by atomic mass is 32.2. The monoisotopic (exact) mass is 362 g/mol. The van der Waals surface area contributed by atoms with Gasteiger partial charge in [-0.3, -0.25) is 4.18 Å². The van der Waals surface area contributed by atoms with Gasteiger partial charge in [-0.25, -0.2) is 0 Å². The van der Waals surface area contributed by atoms with Gasteiger partial charge in [0.1, 0.15) is 0 Å². The predicted molar refractivity (Wildman–Crippen MR) is 103 cm³/mol. The minimum atomic E-state index is -3.75. The van der Waals surface area contributed by atoms with Crippen LogP contribution in [0, 0.1) is 18.3 Å². The van der Waals surface area contributed by atoms with Crippen molar-refractivity contribution in [1.82, 2.24) is 0 Å². The van der Waals surface area contributed by atoms with E-state index in [2.05, 4.69) is 33.4 Å². The molecule has 4 heteroatoms. The molecule has 1 aliphatic carbocycles. The van der Waals surface area contributed by atoms with Crippen LogP contribution in [0.1, 0.15) is 52.5 Å². The van der Waals surface area contributed by atoms with Crippen LogP contribution in [-0.4, -0.2) is 14.5 Å². The maximum atomic E-state index is 12.4. The molecule has 1 aromatic carbocycles. The molecule has 0 aliphatic heterocycles. The van der Waals surface area contributed by atoms with Crippen molar-refractivity contribution in [3.63, 3.8) is 0 Å². The highest BCUT2D eigenvalue weighted by molar-refractivity contribution is 7.86. The summed E-state index contributed by atoms with van der Waals surface area (Å²) in [7, 11) is -3.75. The van der Waals surface area contributed by atoms with E-state index in [0.717, 1.165) is 24.0 Å². The first-order valence-corrected chi connectivity index (χ1v) is 10.3. The molecule has 25 heavy (non-hydrogen) atoms. The molecule has 0 spiro atoms. The normalized spacial score (nSPS) is 21.5. The van der Waals surface area contributed by atoms with E-state index in [1.165, 1.54) is 5.57 Å². The molecule has 0 bridgehead atoms. The van der Waals surface area contributed by atoms with E-state index in [1.54, 1.807) is 31.2 Å². The zero-order valence-electron chi connectivity index (χ0n) is 16.0. The van der Waals surface area contributed by atoms with Crippen LogP contribution in [0.25, 0.3) is 0 Å². The number of hydrogen-bond acceptors (Lipinski definition) is 3. The fourth-order valence-corrected chi connectivity index (χ4v) is 5.00. The molecule has 138 valence electrons. The SMILES string of the molecule is C=C(CC(C)OS(=O)(=O)c1ccc(C)cc1)C1C(C)=CCCC1(C)C. The van der Waals surface area contributed by atoms with E-state index >= 15 is 0 Å². The molecule has 2 unspecified atom stereocenters. The Balaban J connectivity index is 2.07. The molecule has 2 atom stereocenters. The van der Waals surface area contributed by atoms with Crippen molar-refractivity contribution in [2.24, 2.45) is 11.3 Å². The molecule has 0 aromatic heterocycles. The summed E-state index contributed by atoms with van der Waals surface area (Å²) in [5.41, 5.74) is 3.54. The van der Waals surface area contributed by atoms with Crippen LogP contribution in [0.5, 0.6) is 0 Å². The van der Waals surface area contributed by atoms with Gasteiger partial charge in [0.15, 0.2) is 0 Å². The first kappa shape index (κ1) is 19.9. The third-order valence-electron chi connectivity index (χ3n) is 5.05. The number of benzene rings is 1. The van der Waals surface area contributed by atoms with Crippen molar-refractivity contribution >= 4 is 10.1 Å². The zero-order valence-corrected chi connectivity index (χ0v) is 16.8. The second-order valence-corrected chi connectivity index (χ2v) is 9.52. The zero-order chi connectivity index (χ0) is 18.8. The van der Waals surface area contributed by atoms with Gasteiger partial charge < -0.3 is 0 Å². The minimum absolute atomic E-state index is 0.144. The highest BCUT2D eigenvalue weighted by Gasteiger charge is 2.35. The van der Waals surface area contributed by atoms with E-state index in [4.69, 9.17) is 4.18 Å². The maximum Gasteiger partial charge on any atom is 0.297 e. The van der Waals surface area contributed by atoms with E-state index in [9.17, 15) is 8.42 Å². The van der Waals surface area contributed by atoms with Gasteiger partial charge in [0.05, 0.1) is 11.0 Å². The van der Waals surface area contributed by atoms with Gasteiger partial charge in [-0.05, 0) is 57.6 Å². The van der Waals surface area contributed by atoms with Crippen molar-refractivity contribution in [3.8, 4) is 0 Å². The topological polar surface area (TPSA) is 43.4 Å². The van der Waals surface area contributed by atoms with Crippen LogP contribution >= 0.6 is 0 Å². The molecule has 2 rings (SSSR count). The van der Waals surface area contributed by atoms with Crippen molar-refractivity contribution < 1.29 is 12.6 Å². The summed E-state index contributed by atoms with van der Waals surface area (Å²) in [6, 6.07) is 6.73. The fraction of sp³-hybridized carbons (Fsp3) is 0.524. The van der Waals surface area contributed by atoms with Crippen molar-refractivity contribution in [3.05, 3.63) is 53.6 Å². The summed E-state index contributed by atoms with van der Waals surface area (Å²) in [6.07, 6.45) is 4.57. The van der Waals surface area contributed by atoms with Crippen molar-refractivity contribution in [2.45, 2.75) is 64.9 Å². The Morgan fingerprint density at radius 2 is 1.88 bits per heavy atom. The molecule has 0 radical (unpaired) electrons. The first-order valence-electron chi connectivity index (χ1n) is 8.87. The number of allylic oxidation sites excluding steroid dienone is 2. The Morgan fingerprint density at radius 3 is 2.44 bits per heavy atom. The van der Waals surface area contributed by atoms with Gasteiger partial charge in [-0.15, -0.1) is 0 Å². The molecular formula is C21H30O3S. The molecule has 0 N–H and O–H groups in total. The van der Waals surface area contributed by atoms with E-state index in [-0.39, 0.29) is 16.2 Å². The number of hydrogen-bond donors (Lipinski definition) is 0. The van der Waals surface area contributed by atoms with Crippen molar-refractivity contribution in [2.75, 3.05) is 0 Å². The summed E-state index contributed by atoms with van der Waals surface area (Å²) in [5, 5.41) is 0. The Labute approximate surface area is 152 Å². The predicted octanol–water partition coefficient (Wildman–Crippen LogP) is 5.42. The van der Waals surface area contributed by atoms with Crippen LogP contribution in [0.15, 0.2) is 53.0 Å². The molecule has 1 aliphatic rings. The van der Waals surface area contributed by atoms with Gasteiger partial charge >= 0.3 is 0 Å². The lowest BCUT2D eigenvalue weighted by atomic mass is 9.65. The van der Waals surface area contributed by atoms with Crippen LogP contribution in [0.2, 0.25) is 0 Å². The minimum Gasteiger partial charge on any atom is -0.263 e. The lowest BCUT2D eigenvalue weighted by Gasteiger charge is -2.40. The molecule has 1 aromatic rings. The molecule has 0 saturated carbocycles. The van der Waals surface area contributed by atoms with Gasteiger partial charge in [0, 0.05) is 5.92 Å². The Kier molecular flexibility index (Phi) is 5.95. The van der Waals surface area contributed by atoms with Gasteiger partial charge in [-0.2, -0.15) is 8.42 Å². The van der Waals surface area contributed by atoms with E-state index < -0.39 is 16.2 Å². The average Bonchev–Trinajstić information content (AvgIpc) is 2.45. The molecule has 0 amide bonds. The van der Waals surface area contributed by atoms with Gasteiger partial charge in [-0.1, -0.05) is 55.3 Å². The number of aryl methyl sites for hydroxylation is 1. The molecule has 0 saturated heterocycles. The second-order valence-electron chi connectivity index (χ2n) is 7.94. The third kappa shape index (κ3) is 4.83. The first-order chi connectivity index (χ1) is 11.5. The maximum absolute atomic E-state index is 12.4. The van der Waals surface area contributed by atoms with E-state index in [0.29, 0.717) is 6.42 Å². The molecule has 0 fully saturated rings. The van der Waals surface area contributed by atoms with Crippen molar-refractivity contribution in [1.29, 1.82) is 0 Å². The Hall–Kier alpha value is -1.39. The number of rotatable bonds is 6. The average molecular weight is 363 g/mol. The molecular weight excluding hydrogens is 332 g/mol. The van der Waals surface area contributed by atoms with Crippen LogP contribution < -0.4 is 0 Å². The Morgan fingerprint density at radius 1 is 1.28 bits per heavy atom. The van der Waals surface area contributed by atoms with E-state index in [1.807, 2.05) is 6.92 Å². The van der Waals surface area contributed by atoms with Gasteiger partial charge in [0.2, 0.25) is 0 Å². The summed E-state index contributed by atoms with van der Waals surface area (Å²) in [5.74, 6) is 0.273. The lowest BCUT2D eigenvalue weighted by Crippen LogP contribution is -2.30. The van der Waals surface area contributed by atoms with Crippen LogP contribution in [-0.2, 0) is 14.3 Å². The lowest BCUT2D eigenvalue weighted by molar-refractivity contribution is 0.203. The standard InChI is InChI=1S/C21H30O3S/c1-15-9-11-19(12-10-15)25(22,23)24-18(4)14-17(3)20-16(2)8-7-13-21(20,5)6/h8-12,18,20H,3,7,13-14H2,1-2,4-6H3. The second kappa shape index (κ2) is 7.46. The molecule has 3 nitrogen and oxygen atoms in total. The Bertz CT molecular complexity index is 755. The van der Waals surface area contributed by atoms with Crippen LogP contribution in [0.4, 0.5) is 0 Å².